The molecule has 0 saturated carbocycles. The van der Waals surface area contributed by atoms with Crippen LogP contribution in [-0.4, -0.2) is 5.78 Å². The second-order valence-electron chi connectivity index (χ2n) is 4.93. The second kappa shape index (κ2) is 5.74. The lowest BCUT2D eigenvalue weighted by Gasteiger charge is -2.10. The molecule has 1 nitrogen and oxygen atoms in total. The van der Waals surface area contributed by atoms with E-state index in [0.717, 1.165) is 25.3 Å². The van der Waals surface area contributed by atoms with Crippen molar-refractivity contribution in [3.05, 3.63) is 80.2 Å². The number of hydrogen-bond acceptors (Lipinski definition) is 1. The first kappa shape index (κ1) is 14.5. The van der Waals surface area contributed by atoms with Crippen molar-refractivity contribution in [1.29, 1.82) is 0 Å². The third kappa shape index (κ3) is 2.68. The molecule has 104 valence electrons. The van der Waals surface area contributed by atoms with Crippen LogP contribution in [0.25, 0.3) is 10.8 Å². The molecule has 3 heteroatoms. The highest BCUT2D eigenvalue weighted by molar-refractivity contribution is 9.11. The van der Waals surface area contributed by atoms with Crippen LogP contribution in [0, 0.1) is 6.92 Å². The first-order chi connectivity index (χ1) is 10.1. The molecule has 0 unspecified atom stereocenters. The van der Waals surface area contributed by atoms with E-state index in [9.17, 15) is 4.79 Å². The average Bonchev–Trinajstić information content (AvgIpc) is 2.50. The molecule has 0 aliphatic rings. The molecular formula is C18H12Br2O. The second-order valence-corrected chi connectivity index (χ2v) is 6.70. The van der Waals surface area contributed by atoms with Crippen LogP contribution in [0.3, 0.4) is 0 Å². The molecule has 0 aliphatic heterocycles. The molecule has 3 rings (SSSR count). The smallest absolute Gasteiger partial charge is 0.194 e. The molecule has 0 aromatic heterocycles. The first-order valence-electron chi connectivity index (χ1n) is 6.56. The van der Waals surface area contributed by atoms with E-state index in [4.69, 9.17) is 0 Å². The van der Waals surface area contributed by atoms with Crippen molar-refractivity contribution in [2.45, 2.75) is 6.92 Å². The van der Waals surface area contributed by atoms with Crippen LogP contribution in [0.4, 0.5) is 0 Å². The molecular weight excluding hydrogens is 392 g/mol. The summed E-state index contributed by atoms with van der Waals surface area (Å²) in [6, 6.07) is 17.6. The summed E-state index contributed by atoms with van der Waals surface area (Å²) >= 11 is 6.89. The minimum absolute atomic E-state index is 0.0272. The van der Waals surface area contributed by atoms with Crippen LogP contribution in [0.15, 0.2) is 63.5 Å². The Balaban J connectivity index is 2.23. The maximum Gasteiger partial charge on any atom is 0.194 e. The fourth-order valence-corrected chi connectivity index (χ4v) is 3.25. The van der Waals surface area contributed by atoms with E-state index in [1.54, 1.807) is 0 Å². The van der Waals surface area contributed by atoms with Crippen LogP contribution in [0.2, 0.25) is 0 Å². The van der Waals surface area contributed by atoms with Crippen molar-refractivity contribution < 1.29 is 4.79 Å². The van der Waals surface area contributed by atoms with E-state index in [-0.39, 0.29) is 5.78 Å². The summed E-state index contributed by atoms with van der Waals surface area (Å²) in [7, 11) is 0. The maximum absolute atomic E-state index is 12.9. The number of rotatable bonds is 2. The number of halogens is 2. The number of ketones is 1. The van der Waals surface area contributed by atoms with Crippen LogP contribution in [0.5, 0.6) is 0 Å². The molecule has 21 heavy (non-hydrogen) atoms. The highest BCUT2D eigenvalue weighted by atomic mass is 79.9. The Morgan fingerprint density at radius 3 is 2.33 bits per heavy atom. The van der Waals surface area contributed by atoms with Gasteiger partial charge in [0, 0.05) is 20.1 Å². The standard InChI is InChI=1S/C18H12Br2O/c1-11-6-8-15(14-5-3-2-4-13(11)14)18(21)16-10-12(19)7-9-17(16)20/h2-10H,1H3. The monoisotopic (exact) mass is 402 g/mol. The summed E-state index contributed by atoms with van der Waals surface area (Å²) in [6.45, 7) is 2.06. The van der Waals surface area contributed by atoms with E-state index in [1.165, 1.54) is 5.56 Å². The number of aryl methyl sites for hydroxylation is 1. The molecule has 0 heterocycles. The van der Waals surface area contributed by atoms with Gasteiger partial charge >= 0.3 is 0 Å². The van der Waals surface area contributed by atoms with Crippen LogP contribution in [0.1, 0.15) is 21.5 Å². The predicted molar refractivity (Wildman–Crippen MR) is 94.0 cm³/mol. The van der Waals surface area contributed by atoms with E-state index in [0.29, 0.717) is 5.56 Å². The van der Waals surface area contributed by atoms with Crippen LogP contribution in [-0.2, 0) is 0 Å². The number of benzene rings is 3. The topological polar surface area (TPSA) is 17.1 Å². The van der Waals surface area contributed by atoms with Crippen LogP contribution < -0.4 is 0 Å². The van der Waals surface area contributed by atoms with E-state index >= 15 is 0 Å². The van der Waals surface area contributed by atoms with Crippen molar-refractivity contribution in [2.24, 2.45) is 0 Å². The highest BCUT2D eigenvalue weighted by Crippen LogP contribution is 2.28. The Labute approximate surface area is 140 Å². The molecule has 0 atom stereocenters. The number of fused-ring (bicyclic) bond motifs is 1. The molecule has 0 spiro atoms. The van der Waals surface area contributed by atoms with Gasteiger partial charge in [0.25, 0.3) is 0 Å². The minimum atomic E-state index is 0.0272. The predicted octanol–water partition coefficient (Wildman–Crippen LogP) is 5.90. The van der Waals surface area contributed by atoms with E-state index in [2.05, 4.69) is 44.8 Å². The molecule has 3 aromatic rings. The van der Waals surface area contributed by atoms with E-state index in [1.807, 2.05) is 48.5 Å². The quantitative estimate of drug-likeness (QED) is 0.486. The van der Waals surface area contributed by atoms with Crippen molar-refractivity contribution in [3.8, 4) is 0 Å². The fourth-order valence-electron chi connectivity index (χ4n) is 2.46. The van der Waals surface area contributed by atoms with Gasteiger partial charge in [0.1, 0.15) is 0 Å². The van der Waals surface area contributed by atoms with Gasteiger partial charge in [-0.2, -0.15) is 0 Å². The molecule has 0 amide bonds. The normalized spacial score (nSPS) is 10.8. The average molecular weight is 404 g/mol. The summed E-state index contributed by atoms with van der Waals surface area (Å²) < 4.78 is 1.70. The Hall–Kier alpha value is -1.45. The zero-order chi connectivity index (χ0) is 15.0. The molecule has 0 N–H and O–H groups in total. The molecule has 0 bridgehead atoms. The zero-order valence-corrected chi connectivity index (χ0v) is 14.5. The van der Waals surface area contributed by atoms with Gasteiger partial charge in [-0.15, -0.1) is 0 Å². The lowest BCUT2D eigenvalue weighted by molar-refractivity contribution is 0.103. The highest BCUT2D eigenvalue weighted by Gasteiger charge is 2.16. The van der Waals surface area contributed by atoms with Crippen molar-refractivity contribution in [2.75, 3.05) is 0 Å². The van der Waals surface area contributed by atoms with Gasteiger partial charge in [0.05, 0.1) is 0 Å². The summed E-state index contributed by atoms with van der Waals surface area (Å²) in [5.41, 5.74) is 2.57. The molecule has 3 aromatic carbocycles. The van der Waals surface area contributed by atoms with Crippen molar-refractivity contribution >= 4 is 48.4 Å². The number of carbonyl (C=O) groups is 1. The summed E-state index contributed by atoms with van der Waals surface area (Å²) in [6.07, 6.45) is 0. The van der Waals surface area contributed by atoms with Gasteiger partial charge < -0.3 is 0 Å². The van der Waals surface area contributed by atoms with Crippen molar-refractivity contribution in [3.63, 3.8) is 0 Å². The van der Waals surface area contributed by atoms with Gasteiger partial charge in [-0.05, 0) is 41.5 Å². The maximum atomic E-state index is 12.9. The Bertz CT molecular complexity index is 853. The molecule has 0 aliphatic carbocycles. The Morgan fingerprint density at radius 1 is 0.857 bits per heavy atom. The largest absolute Gasteiger partial charge is 0.289 e. The van der Waals surface area contributed by atoms with Gasteiger partial charge in [0.15, 0.2) is 5.78 Å². The van der Waals surface area contributed by atoms with Gasteiger partial charge in [-0.25, -0.2) is 0 Å². The summed E-state index contributed by atoms with van der Waals surface area (Å²) in [4.78, 5) is 12.9. The van der Waals surface area contributed by atoms with Crippen molar-refractivity contribution in [1.82, 2.24) is 0 Å². The minimum Gasteiger partial charge on any atom is -0.289 e. The third-order valence-electron chi connectivity index (χ3n) is 3.56. The van der Waals surface area contributed by atoms with E-state index < -0.39 is 0 Å². The number of carbonyl (C=O) groups excluding carboxylic acids is 1. The summed E-state index contributed by atoms with van der Waals surface area (Å²) in [5.74, 6) is 0.0272. The molecule has 0 saturated heterocycles. The number of hydrogen-bond donors (Lipinski definition) is 0. The van der Waals surface area contributed by atoms with Gasteiger partial charge in [-0.3, -0.25) is 4.79 Å². The SMILES string of the molecule is Cc1ccc(C(=O)c2cc(Br)ccc2Br)c2ccccc12. The lowest BCUT2D eigenvalue weighted by Crippen LogP contribution is -2.03. The van der Waals surface area contributed by atoms with Crippen LogP contribution >= 0.6 is 31.9 Å². The van der Waals surface area contributed by atoms with Gasteiger partial charge in [0.2, 0.25) is 0 Å². The molecule has 0 radical (unpaired) electrons. The Kier molecular flexibility index (Phi) is 3.96. The van der Waals surface area contributed by atoms with Gasteiger partial charge in [-0.1, -0.05) is 68.3 Å². The Morgan fingerprint density at radius 2 is 1.57 bits per heavy atom. The first-order valence-corrected chi connectivity index (χ1v) is 8.14. The fraction of sp³-hybridized carbons (Fsp3) is 0.0556. The lowest BCUT2D eigenvalue weighted by atomic mass is 9.95. The zero-order valence-electron chi connectivity index (χ0n) is 11.4. The molecule has 0 fully saturated rings. The summed E-state index contributed by atoms with van der Waals surface area (Å²) in [5, 5.41) is 2.11. The third-order valence-corrected chi connectivity index (χ3v) is 4.74.